The number of nitrogen functional groups attached to an aromatic ring is 1. The predicted octanol–water partition coefficient (Wildman–Crippen LogP) is 1.39. The van der Waals surface area contributed by atoms with Crippen molar-refractivity contribution in [3.05, 3.63) is 23.4 Å². The van der Waals surface area contributed by atoms with E-state index in [-0.39, 0.29) is 5.91 Å². The summed E-state index contributed by atoms with van der Waals surface area (Å²) in [4.78, 5) is 20.9. The number of hydrogen-bond donors (Lipinski definition) is 1. The van der Waals surface area contributed by atoms with Gasteiger partial charge in [-0.2, -0.15) is 0 Å². The summed E-state index contributed by atoms with van der Waals surface area (Å²) in [5, 5.41) is 0. The lowest BCUT2D eigenvalue weighted by Gasteiger charge is -2.20. The van der Waals surface area contributed by atoms with Crippen molar-refractivity contribution in [1.29, 1.82) is 0 Å². The Hall–Kier alpha value is -1.62. The number of aromatic nitrogens is 1. The summed E-state index contributed by atoms with van der Waals surface area (Å²) >= 11 is 0. The topological polar surface area (TPSA) is 62.5 Å². The highest BCUT2D eigenvalue weighted by atomic mass is 16.2. The minimum Gasteiger partial charge on any atom is -0.384 e. The summed E-state index contributed by atoms with van der Waals surface area (Å²) in [6, 6.07) is 4.02. The molecule has 1 saturated heterocycles. The normalized spacial score (nSPS) is 18.8. The Bertz CT molecular complexity index is 487. The molecule has 20 heavy (non-hydrogen) atoms. The summed E-state index contributed by atoms with van der Waals surface area (Å²) in [6.07, 6.45) is 2.88. The van der Waals surface area contributed by atoms with Crippen molar-refractivity contribution in [2.24, 2.45) is 0 Å². The molecular formula is C15H24N4O. The van der Waals surface area contributed by atoms with Crippen LogP contribution in [0.15, 0.2) is 12.1 Å². The van der Waals surface area contributed by atoms with Crippen molar-refractivity contribution < 1.29 is 4.79 Å². The second-order valence-corrected chi connectivity index (χ2v) is 5.68. The smallest absolute Gasteiger partial charge is 0.254 e. The second-order valence-electron chi connectivity index (χ2n) is 5.68. The number of pyridine rings is 1. The molecule has 0 saturated carbocycles. The van der Waals surface area contributed by atoms with E-state index < -0.39 is 0 Å². The molecule has 1 aromatic rings. The average molecular weight is 276 g/mol. The summed E-state index contributed by atoms with van der Waals surface area (Å²) in [5.41, 5.74) is 7.38. The molecule has 110 valence electrons. The van der Waals surface area contributed by atoms with Gasteiger partial charge in [0, 0.05) is 30.4 Å². The zero-order chi connectivity index (χ0) is 14.7. The third-order valence-electron chi connectivity index (χ3n) is 3.83. The Morgan fingerprint density at radius 1 is 1.50 bits per heavy atom. The maximum absolute atomic E-state index is 12.5. The molecule has 1 aliphatic heterocycles. The van der Waals surface area contributed by atoms with E-state index in [9.17, 15) is 4.79 Å². The van der Waals surface area contributed by atoms with E-state index in [1.54, 1.807) is 6.07 Å². The number of aryl methyl sites for hydroxylation is 1. The molecule has 2 heterocycles. The first kappa shape index (κ1) is 14.8. The number of likely N-dealkylation sites (tertiary alicyclic amines) is 1. The highest BCUT2D eigenvalue weighted by Gasteiger charge is 2.28. The largest absolute Gasteiger partial charge is 0.384 e. The Labute approximate surface area is 120 Å². The number of nitrogens with zero attached hydrogens (tertiary/aromatic N) is 3. The molecule has 2 rings (SSSR count). The second kappa shape index (κ2) is 6.22. The van der Waals surface area contributed by atoms with E-state index in [0.717, 1.165) is 38.0 Å². The van der Waals surface area contributed by atoms with Crippen LogP contribution in [0.2, 0.25) is 0 Å². The average Bonchev–Trinajstić information content (AvgIpc) is 2.87. The van der Waals surface area contributed by atoms with Crippen LogP contribution >= 0.6 is 0 Å². The summed E-state index contributed by atoms with van der Waals surface area (Å²) in [7, 11) is 4.12. The highest BCUT2D eigenvalue weighted by molar-refractivity contribution is 5.95. The highest BCUT2D eigenvalue weighted by Crippen LogP contribution is 2.18. The van der Waals surface area contributed by atoms with E-state index in [0.29, 0.717) is 17.4 Å². The standard InChI is InChI=1S/C15H24N4O/c1-4-5-12-8-11(9-14(16)17-12)15(20)19-7-6-13(10-19)18(2)3/h8-9,13H,4-7,10H2,1-3H3,(H2,16,17). The van der Waals surface area contributed by atoms with Gasteiger partial charge in [-0.3, -0.25) is 4.79 Å². The van der Waals surface area contributed by atoms with Crippen LogP contribution in [0.1, 0.15) is 35.8 Å². The van der Waals surface area contributed by atoms with E-state index in [1.165, 1.54) is 0 Å². The van der Waals surface area contributed by atoms with Crippen molar-refractivity contribution in [2.75, 3.05) is 32.9 Å². The SMILES string of the molecule is CCCc1cc(C(=O)N2CCC(N(C)C)C2)cc(N)n1. The zero-order valence-corrected chi connectivity index (χ0v) is 12.6. The zero-order valence-electron chi connectivity index (χ0n) is 12.6. The van der Waals surface area contributed by atoms with Crippen LogP contribution in [-0.4, -0.2) is 53.9 Å². The Balaban J connectivity index is 2.13. The van der Waals surface area contributed by atoms with Crippen molar-refractivity contribution in [3.63, 3.8) is 0 Å². The number of rotatable bonds is 4. The van der Waals surface area contributed by atoms with Gasteiger partial charge in [0.15, 0.2) is 0 Å². The van der Waals surface area contributed by atoms with Gasteiger partial charge < -0.3 is 15.5 Å². The lowest BCUT2D eigenvalue weighted by Crippen LogP contribution is -2.34. The fraction of sp³-hybridized carbons (Fsp3) is 0.600. The Kier molecular flexibility index (Phi) is 4.60. The molecule has 0 aromatic carbocycles. The molecule has 1 aromatic heterocycles. The van der Waals surface area contributed by atoms with Crippen molar-refractivity contribution in [3.8, 4) is 0 Å². The monoisotopic (exact) mass is 276 g/mol. The number of likely N-dealkylation sites (N-methyl/N-ethyl adjacent to an activating group) is 1. The third kappa shape index (κ3) is 3.28. The fourth-order valence-electron chi connectivity index (χ4n) is 2.65. The lowest BCUT2D eigenvalue weighted by atomic mass is 10.1. The van der Waals surface area contributed by atoms with Crippen LogP contribution in [0.5, 0.6) is 0 Å². The van der Waals surface area contributed by atoms with Gasteiger partial charge in [-0.15, -0.1) is 0 Å². The summed E-state index contributed by atoms with van der Waals surface area (Å²) in [6.45, 7) is 3.69. The Morgan fingerprint density at radius 2 is 2.25 bits per heavy atom. The molecule has 0 bridgehead atoms. The van der Waals surface area contributed by atoms with Crippen molar-refractivity contribution in [1.82, 2.24) is 14.8 Å². The number of anilines is 1. The quantitative estimate of drug-likeness (QED) is 0.903. The number of carbonyl (C=O) groups is 1. The van der Waals surface area contributed by atoms with Gasteiger partial charge in [-0.25, -0.2) is 4.98 Å². The molecule has 1 atom stereocenters. The lowest BCUT2D eigenvalue weighted by molar-refractivity contribution is 0.0783. The molecule has 1 aliphatic rings. The van der Waals surface area contributed by atoms with Crippen LogP contribution < -0.4 is 5.73 Å². The van der Waals surface area contributed by atoms with E-state index in [4.69, 9.17) is 5.73 Å². The number of amides is 1. The van der Waals surface area contributed by atoms with Gasteiger partial charge in [-0.1, -0.05) is 13.3 Å². The molecule has 5 heteroatoms. The molecule has 5 nitrogen and oxygen atoms in total. The van der Waals surface area contributed by atoms with Crippen LogP contribution in [0.25, 0.3) is 0 Å². The maximum Gasteiger partial charge on any atom is 0.254 e. The summed E-state index contributed by atoms with van der Waals surface area (Å²) < 4.78 is 0. The minimum absolute atomic E-state index is 0.0702. The number of nitrogens with two attached hydrogens (primary N) is 1. The third-order valence-corrected chi connectivity index (χ3v) is 3.83. The van der Waals surface area contributed by atoms with Gasteiger partial charge in [0.1, 0.15) is 5.82 Å². The molecule has 0 spiro atoms. The first-order valence-corrected chi connectivity index (χ1v) is 7.23. The van der Waals surface area contributed by atoms with Crippen molar-refractivity contribution >= 4 is 11.7 Å². The molecular weight excluding hydrogens is 252 g/mol. The van der Waals surface area contributed by atoms with Crippen molar-refractivity contribution in [2.45, 2.75) is 32.2 Å². The first-order valence-electron chi connectivity index (χ1n) is 7.23. The predicted molar refractivity (Wildman–Crippen MR) is 80.6 cm³/mol. The number of carbonyl (C=O) groups excluding carboxylic acids is 1. The molecule has 2 N–H and O–H groups in total. The number of hydrogen-bond acceptors (Lipinski definition) is 4. The fourth-order valence-corrected chi connectivity index (χ4v) is 2.65. The minimum atomic E-state index is 0.0702. The van der Waals surface area contributed by atoms with Gasteiger partial charge in [0.25, 0.3) is 5.91 Å². The van der Waals surface area contributed by atoms with Gasteiger partial charge in [-0.05, 0) is 39.1 Å². The van der Waals surface area contributed by atoms with Crippen LogP contribution in [0.4, 0.5) is 5.82 Å². The maximum atomic E-state index is 12.5. The molecule has 0 aliphatic carbocycles. The van der Waals surface area contributed by atoms with Crippen LogP contribution in [-0.2, 0) is 6.42 Å². The van der Waals surface area contributed by atoms with Crippen LogP contribution in [0.3, 0.4) is 0 Å². The van der Waals surface area contributed by atoms with Gasteiger partial charge >= 0.3 is 0 Å². The molecule has 1 fully saturated rings. The molecule has 1 unspecified atom stereocenters. The van der Waals surface area contributed by atoms with Crippen LogP contribution in [0, 0.1) is 0 Å². The van der Waals surface area contributed by atoms with Gasteiger partial charge in [0.05, 0.1) is 0 Å². The molecule has 0 radical (unpaired) electrons. The molecule has 1 amide bonds. The van der Waals surface area contributed by atoms with E-state index in [2.05, 4.69) is 30.9 Å². The first-order chi connectivity index (χ1) is 9.51. The Morgan fingerprint density at radius 3 is 2.85 bits per heavy atom. The van der Waals surface area contributed by atoms with E-state index in [1.807, 2.05) is 11.0 Å². The summed E-state index contributed by atoms with van der Waals surface area (Å²) in [5.74, 6) is 0.503. The van der Waals surface area contributed by atoms with E-state index >= 15 is 0 Å². The van der Waals surface area contributed by atoms with Gasteiger partial charge in [0.2, 0.25) is 0 Å².